The first-order valence-electron chi connectivity index (χ1n) is 3.58. The molecule has 1 rings (SSSR count). The van der Waals surface area contributed by atoms with E-state index < -0.39 is 0 Å². The van der Waals surface area contributed by atoms with Crippen LogP contribution in [0.15, 0.2) is 33.9 Å². The van der Waals surface area contributed by atoms with Gasteiger partial charge in [0, 0.05) is 15.9 Å². The molecule has 0 saturated carbocycles. The number of halogens is 1. The van der Waals surface area contributed by atoms with Crippen molar-refractivity contribution in [2.75, 3.05) is 6.54 Å². The van der Waals surface area contributed by atoms with Gasteiger partial charge in [0.05, 0.1) is 0 Å². The van der Waals surface area contributed by atoms with Crippen LogP contribution in [-0.4, -0.2) is 6.54 Å². The summed E-state index contributed by atoms with van der Waals surface area (Å²) in [7, 11) is 0. The van der Waals surface area contributed by atoms with Crippen molar-refractivity contribution in [3.63, 3.8) is 0 Å². The van der Waals surface area contributed by atoms with E-state index in [1.54, 1.807) is 0 Å². The monoisotopic (exact) mass is 225 g/mol. The summed E-state index contributed by atoms with van der Waals surface area (Å²) < 4.78 is 1.06. The van der Waals surface area contributed by atoms with Crippen molar-refractivity contribution in [3.05, 3.63) is 44.7 Å². The summed E-state index contributed by atoms with van der Waals surface area (Å²) in [5, 5.41) is 3.46. The lowest BCUT2D eigenvalue weighted by Crippen LogP contribution is -1.87. The second kappa shape index (κ2) is 4.80. The Hall–Kier alpha value is -0.990. The third-order valence-electron chi connectivity index (χ3n) is 1.45. The van der Waals surface area contributed by atoms with Crippen LogP contribution >= 0.6 is 15.9 Å². The Morgan fingerprint density at radius 2 is 2.33 bits per heavy atom. The summed E-state index contributed by atoms with van der Waals surface area (Å²) in [5.74, 6) is 0. The average Bonchev–Trinajstić information content (AvgIpc) is 2.05. The minimum Gasteiger partial charge on any atom is -0.0936 e. The molecule has 1 aromatic rings. The molecule has 0 unspecified atom stereocenters. The van der Waals surface area contributed by atoms with E-state index in [-0.39, 0.29) is 0 Å². The highest BCUT2D eigenvalue weighted by molar-refractivity contribution is 9.10. The van der Waals surface area contributed by atoms with Crippen LogP contribution < -0.4 is 0 Å². The maximum absolute atomic E-state index is 8.05. The zero-order valence-electron chi connectivity index (χ0n) is 6.44. The highest BCUT2D eigenvalue weighted by atomic mass is 79.9. The number of rotatable bonds is 3. The van der Waals surface area contributed by atoms with E-state index in [0.29, 0.717) is 6.54 Å². The topological polar surface area (TPSA) is 48.8 Å². The molecule has 0 aliphatic rings. The maximum atomic E-state index is 8.05. The van der Waals surface area contributed by atoms with E-state index in [4.69, 9.17) is 5.53 Å². The Kier molecular flexibility index (Phi) is 3.64. The molecule has 0 bridgehead atoms. The Balaban J connectivity index is 2.57. The number of azide groups is 1. The van der Waals surface area contributed by atoms with E-state index in [1.165, 1.54) is 5.56 Å². The number of nitrogens with zero attached hydrogens (tertiary/aromatic N) is 3. The predicted molar refractivity (Wildman–Crippen MR) is 51.9 cm³/mol. The first-order valence-corrected chi connectivity index (χ1v) is 4.37. The van der Waals surface area contributed by atoms with Crippen LogP contribution in [-0.2, 0) is 6.42 Å². The molecule has 12 heavy (non-hydrogen) atoms. The lowest BCUT2D eigenvalue weighted by atomic mass is 10.2. The van der Waals surface area contributed by atoms with Crippen LogP contribution in [0.4, 0.5) is 0 Å². The summed E-state index contributed by atoms with van der Waals surface area (Å²) in [5.41, 5.74) is 9.23. The molecule has 4 heteroatoms. The first kappa shape index (κ1) is 9.10. The van der Waals surface area contributed by atoms with Gasteiger partial charge in [-0.05, 0) is 29.6 Å². The van der Waals surface area contributed by atoms with Crippen molar-refractivity contribution < 1.29 is 0 Å². The second-order valence-corrected chi connectivity index (χ2v) is 3.25. The number of hydrogen-bond acceptors (Lipinski definition) is 1. The van der Waals surface area contributed by atoms with Gasteiger partial charge in [-0.3, -0.25) is 0 Å². The summed E-state index contributed by atoms with van der Waals surface area (Å²) in [6.45, 7) is 0.521. The lowest BCUT2D eigenvalue weighted by molar-refractivity contribution is 0.955. The molecule has 62 valence electrons. The third kappa shape index (κ3) is 2.95. The molecule has 0 amide bonds. The van der Waals surface area contributed by atoms with Crippen molar-refractivity contribution in [2.24, 2.45) is 5.11 Å². The second-order valence-electron chi connectivity index (χ2n) is 2.33. The molecular weight excluding hydrogens is 218 g/mol. The molecular formula is C8H8BrN3. The van der Waals surface area contributed by atoms with Crippen molar-refractivity contribution in [1.82, 2.24) is 0 Å². The largest absolute Gasteiger partial charge is 0.0936 e. The van der Waals surface area contributed by atoms with E-state index >= 15 is 0 Å². The first-order chi connectivity index (χ1) is 5.83. The summed E-state index contributed by atoms with van der Waals surface area (Å²) >= 11 is 3.37. The molecule has 0 saturated heterocycles. The fourth-order valence-corrected chi connectivity index (χ4v) is 1.36. The lowest BCUT2D eigenvalue weighted by Gasteiger charge is -1.97. The highest BCUT2D eigenvalue weighted by Gasteiger charge is 1.91. The normalized spacial score (nSPS) is 9.08. The van der Waals surface area contributed by atoms with Crippen LogP contribution in [0.3, 0.4) is 0 Å². The van der Waals surface area contributed by atoms with E-state index in [0.717, 1.165) is 10.9 Å². The van der Waals surface area contributed by atoms with Crippen LogP contribution in [0.1, 0.15) is 5.56 Å². The van der Waals surface area contributed by atoms with Crippen molar-refractivity contribution >= 4 is 15.9 Å². The average molecular weight is 226 g/mol. The van der Waals surface area contributed by atoms with Crippen molar-refractivity contribution in [2.45, 2.75) is 6.42 Å². The van der Waals surface area contributed by atoms with Gasteiger partial charge in [-0.1, -0.05) is 33.2 Å². The minimum atomic E-state index is 0.521. The smallest absolute Gasteiger partial charge is 0.0298 e. The van der Waals surface area contributed by atoms with Crippen LogP contribution in [0.2, 0.25) is 0 Å². The zero-order valence-corrected chi connectivity index (χ0v) is 8.03. The molecule has 0 heterocycles. The third-order valence-corrected chi connectivity index (χ3v) is 1.95. The van der Waals surface area contributed by atoms with Gasteiger partial charge in [-0.2, -0.15) is 0 Å². The standard InChI is InChI=1S/C8H8BrN3/c9-8-3-1-2-7(6-8)4-5-11-12-10/h1-3,6H,4-5H2. The van der Waals surface area contributed by atoms with Crippen molar-refractivity contribution in [1.29, 1.82) is 0 Å². The predicted octanol–water partition coefficient (Wildman–Crippen LogP) is 3.30. The molecule has 0 spiro atoms. The fraction of sp³-hybridized carbons (Fsp3) is 0.250. The Morgan fingerprint density at radius 1 is 1.50 bits per heavy atom. The van der Waals surface area contributed by atoms with Crippen molar-refractivity contribution in [3.8, 4) is 0 Å². The SMILES string of the molecule is [N-]=[N+]=NCCc1cccc(Br)c1. The molecule has 0 radical (unpaired) electrons. The minimum absolute atomic E-state index is 0.521. The Bertz CT molecular complexity index is 305. The molecule has 0 aliphatic heterocycles. The van der Waals surface area contributed by atoms with E-state index in [1.807, 2.05) is 24.3 Å². The maximum Gasteiger partial charge on any atom is 0.0298 e. The van der Waals surface area contributed by atoms with Crippen LogP contribution in [0.5, 0.6) is 0 Å². The highest BCUT2D eigenvalue weighted by Crippen LogP contribution is 2.11. The zero-order chi connectivity index (χ0) is 8.81. The fourth-order valence-electron chi connectivity index (χ4n) is 0.916. The molecule has 0 aliphatic carbocycles. The number of hydrogen-bond donors (Lipinski definition) is 0. The van der Waals surface area contributed by atoms with Gasteiger partial charge in [-0.15, -0.1) is 0 Å². The Labute approximate surface area is 79.2 Å². The van der Waals surface area contributed by atoms with Crippen LogP contribution in [0, 0.1) is 0 Å². The van der Waals surface area contributed by atoms with E-state index in [2.05, 4.69) is 26.0 Å². The molecule has 3 nitrogen and oxygen atoms in total. The molecule has 0 fully saturated rings. The van der Waals surface area contributed by atoms with Gasteiger partial charge in [0.15, 0.2) is 0 Å². The molecule has 0 aromatic heterocycles. The quantitative estimate of drug-likeness (QED) is 0.431. The van der Waals surface area contributed by atoms with Gasteiger partial charge >= 0.3 is 0 Å². The van der Waals surface area contributed by atoms with Crippen LogP contribution in [0.25, 0.3) is 10.4 Å². The summed E-state index contributed by atoms with van der Waals surface area (Å²) in [6, 6.07) is 7.97. The summed E-state index contributed by atoms with van der Waals surface area (Å²) in [6.07, 6.45) is 0.795. The molecule has 0 atom stereocenters. The van der Waals surface area contributed by atoms with Gasteiger partial charge in [0.1, 0.15) is 0 Å². The van der Waals surface area contributed by atoms with Gasteiger partial charge in [0.2, 0.25) is 0 Å². The van der Waals surface area contributed by atoms with E-state index in [9.17, 15) is 0 Å². The molecule has 0 N–H and O–H groups in total. The Morgan fingerprint density at radius 3 is 3.00 bits per heavy atom. The summed E-state index contributed by atoms with van der Waals surface area (Å²) in [4.78, 5) is 2.69. The van der Waals surface area contributed by atoms with Gasteiger partial charge < -0.3 is 0 Å². The van der Waals surface area contributed by atoms with Gasteiger partial charge in [-0.25, -0.2) is 0 Å². The number of benzene rings is 1. The van der Waals surface area contributed by atoms with Gasteiger partial charge in [0.25, 0.3) is 0 Å². The molecule has 1 aromatic carbocycles.